The van der Waals surface area contributed by atoms with Gasteiger partial charge in [-0.25, -0.2) is 4.98 Å². The van der Waals surface area contributed by atoms with Crippen LogP contribution < -0.4 is 10.5 Å². The number of nitrogens with two attached hydrogens (primary N) is 1. The number of hydrogen-bond acceptors (Lipinski definition) is 3. The average Bonchev–Trinajstić information content (AvgIpc) is 2.83. The summed E-state index contributed by atoms with van der Waals surface area (Å²) in [6, 6.07) is 6.27. The second-order valence-corrected chi connectivity index (χ2v) is 5.70. The molecule has 0 bridgehead atoms. The van der Waals surface area contributed by atoms with Crippen LogP contribution in [0.3, 0.4) is 0 Å². The fourth-order valence-electron chi connectivity index (χ4n) is 3.22. The number of rotatable bonds is 4. The Hall–Kier alpha value is -1.81. The van der Waals surface area contributed by atoms with Crippen molar-refractivity contribution >= 4 is 0 Å². The first-order valence-corrected chi connectivity index (χ1v) is 7.63. The largest absolute Gasteiger partial charge is 0.496 e. The number of nitrogens with zero attached hydrogens (tertiary/aromatic N) is 2. The van der Waals surface area contributed by atoms with Gasteiger partial charge in [-0.3, -0.25) is 0 Å². The van der Waals surface area contributed by atoms with Gasteiger partial charge in [-0.15, -0.1) is 0 Å². The zero-order chi connectivity index (χ0) is 14.8. The highest BCUT2D eigenvalue weighted by Gasteiger charge is 2.18. The zero-order valence-corrected chi connectivity index (χ0v) is 12.9. The molecule has 1 heterocycles. The lowest BCUT2D eigenvalue weighted by Gasteiger charge is -2.16. The smallest absolute Gasteiger partial charge is 0.123 e. The predicted octanol–water partition coefficient (Wildman–Crippen LogP) is 2.59. The fraction of sp³-hybridized carbons (Fsp3) is 0.471. The lowest BCUT2D eigenvalue weighted by molar-refractivity contribution is 0.409. The van der Waals surface area contributed by atoms with Crippen LogP contribution in [-0.2, 0) is 25.9 Å². The topological polar surface area (TPSA) is 53.1 Å². The van der Waals surface area contributed by atoms with Crippen LogP contribution in [0.4, 0.5) is 0 Å². The first kappa shape index (κ1) is 14.1. The second-order valence-electron chi connectivity index (χ2n) is 5.70. The molecular formula is C17H23N3O. The van der Waals surface area contributed by atoms with Crippen LogP contribution in [0, 0.1) is 6.92 Å². The van der Waals surface area contributed by atoms with Crippen molar-refractivity contribution in [2.75, 3.05) is 7.11 Å². The monoisotopic (exact) mass is 285 g/mol. The molecule has 4 nitrogen and oxygen atoms in total. The van der Waals surface area contributed by atoms with E-state index in [1.54, 1.807) is 7.11 Å². The van der Waals surface area contributed by atoms with Gasteiger partial charge in [0.05, 0.1) is 12.8 Å². The molecule has 0 amide bonds. The Balaban J connectivity index is 1.92. The SMILES string of the molecule is COc1ccc(Cn2c(C)nc3c2CCCC3)cc1CN. The van der Waals surface area contributed by atoms with E-state index >= 15 is 0 Å². The summed E-state index contributed by atoms with van der Waals surface area (Å²) in [6.07, 6.45) is 4.81. The lowest BCUT2D eigenvalue weighted by atomic mass is 10.0. The highest BCUT2D eigenvalue weighted by molar-refractivity contribution is 5.37. The Labute approximate surface area is 125 Å². The number of aromatic nitrogens is 2. The van der Waals surface area contributed by atoms with E-state index in [2.05, 4.69) is 23.6 Å². The van der Waals surface area contributed by atoms with E-state index in [0.717, 1.165) is 36.5 Å². The predicted molar refractivity (Wildman–Crippen MR) is 83.6 cm³/mol. The number of benzene rings is 1. The van der Waals surface area contributed by atoms with Crippen LogP contribution >= 0.6 is 0 Å². The van der Waals surface area contributed by atoms with Gasteiger partial charge in [0.1, 0.15) is 11.6 Å². The van der Waals surface area contributed by atoms with Crippen LogP contribution in [0.1, 0.15) is 41.2 Å². The molecule has 0 atom stereocenters. The quantitative estimate of drug-likeness (QED) is 0.939. The summed E-state index contributed by atoms with van der Waals surface area (Å²) >= 11 is 0. The van der Waals surface area contributed by atoms with Gasteiger partial charge in [0.2, 0.25) is 0 Å². The third-order valence-electron chi connectivity index (χ3n) is 4.33. The summed E-state index contributed by atoms with van der Waals surface area (Å²) in [5.41, 5.74) is 10.8. The van der Waals surface area contributed by atoms with Crippen LogP contribution in [0.25, 0.3) is 0 Å². The van der Waals surface area contributed by atoms with Crippen molar-refractivity contribution in [2.45, 2.75) is 45.7 Å². The molecule has 0 radical (unpaired) electrons. The number of imidazole rings is 1. The van der Waals surface area contributed by atoms with Gasteiger partial charge >= 0.3 is 0 Å². The molecule has 0 unspecified atom stereocenters. The highest BCUT2D eigenvalue weighted by atomic mass is 16.5. The number of methoxy groups -OCH3 is 1. The Bertz CT molecular complexity index is 646. The number of aryl methyl sites for hydroxylation is 2. The van der Waals surface area contributed by atoms with E-state index in [4.69, 9.17) is 15.5 Å². The van der Waals surface area contributed by atoms with E-state index in [-0.39, 0.29) is 0 Å². The summed E-state index contributed by atoms with van der Waals surface area (Å²) in [6.45, 7) is 3.47. The number of hydrogen-bond donors (Lipinski definition) is 1. The summed E-state index contributed by atoms with van der Waals surface area (Å²) in [5, 5.41) is 0. The molecule has 0 saturated heterocycles. The van der Waals surface area contributed by atoms with Gasteiger partial charge in [-0.05, 0) is 50.3 Å². The Morgan fingerprint density at radius 1 is 1.29 bits per heavy atom. The van der Waals surface area contributed by atoms with Crippen LogP contribution in [0.5, 0.6) is 5.75 Å². The lowest BCUT2D eigenvalue weighted by Crippen LogP contribution is -2.11. The molecule has 0 saturated carbocycles. The zero-order valence-electron chi connectivity index (χ0n) is 12.9. The van der Waals surface area contributed by atoms with Gasteiger partial charge in [0, 0.05) is 24.3 Å². The van der Waals surface area contributed by atoms with Gasteiger partial charge in [-0.1, -0.05) is 6.07 Å². The molecular weight excluding hydrogens is 262 g/mol. The minimum atomic E-state index is 0.498. The molecule has 21 heavy (non-hydrogen) atoms. The maximum absolute atomic E-state index is 5.81. The molecule has 1 aliphatic rings. The normalized spacial score (nSPS) is 14.0. The molecule has 1 aliphatic carbocycles. The van der Waals surface area contributed by atoms with Crippen molar-refractivity contribution in [3.05, 3.63) is 46.5 Å². The molecule has 2 N–H and O–H groups in total. The Morgan fingerprint density at radius 3 is 2.86 bits per heavy atom. The Morgan fingerprint density at radius 2 is 2.10 bits per heavy atom. The van der Waals surface area contributed by atoms with Crippen molar-refractivity contribution in [1.82, 2.24) is 9.55 Å². The van der Waals surface area contributed by atoms with E-state index in [9.17, 15) is 0 Å². The first-order chi connectivity index (χ1) is 10.2. The summed E-state index contributed by atoms with van der Waals surface area (Å²) in [4.78, 5) is 4.74. The third kappa shape index (κ3) is 2.68. The number of ether oxygens (including phenoxy) is 1. The molecule has 0 spiro atoms. The Kier molecular flexibility index (Phi) is 3.97. The molecule has 2 aromatic rings. The van der Waals surface area contributed by atoms with Crippen molar-refractivity contribution in [3.8, 4) is 5.75 Å². The summed E-state index contributed by atoms with van der Waals surface area (Å²) < 4.78 is 7.70. The van der Waals surface area contributed by atoms with Crippen LogP contribution in [0.15, 0.2) is 18.2 Å². The van der Waals surface area contributed by atoms with Gasteiger partial charge in [0.15, 0.2) is 0 Å². The van der Waals surface area contributed by atoms with Crippen LogP contribution in [-0.4, -0.2) is 16.7 Å². The maximum Gasteiger partial charge on any atom is 0.123 e. The molecule has 4 heteroatoms. The van der Waals surface area contributed by atoms with Crippen molar-refractivity contribution < 1.29 is 4.74 Å². The van der Waals surface area contributed by atoms with Crippen molar-refractivity contribution in [1.29, 1.82) is 0 Å². The average molecular weight is 285 g/mol. The molecule has 3 rings (SSSR count). The summed E-state index contributed by atoms with van der Waals surface area (Å²) in [5.74, 6) is 1.98. The van der Waals surface area contributed by atoms with E-state index < -0.39 is 0 Å². The van der Waals surface area contributed by atoms with Crippen molar-refractivity contribution in [2.24, 2.45) is 5.73 Å². The third-order valence-corrected chi connectivity index (χ3v) is 4.33. The number of fused-ring (bicyclic) bond motifs is 1. The van der Waals surface area contributed by atoms with Gasteiger partial charge in [0.25, 0.3) is 0 Å². The fourth-order valence-corrected chi connectivity index (χ4v) is 3.22. The van der Waals surface area contributed by atoms with Gasteiger partial charge in [-0.2, -0.15) is 0 Å². The van der Waals surface area contributed by atoms with E-state index in [1.165, 1.54) is 29.8 Å². The first-order valence-electron chi connectivity index (χ1n) is 7.63. The minimum Gasteiger partial charge on any atom is -0.496 e. The molecule has 1 aromatic carbocycles. The standard InChI is InChI=1S/C17H23N3O/c1-12-19-15-5-3-4-6-16(15)20(12)11-13-7-8-17(21-2)14(9-13)10-18/h7-9H,3-6,10-11,18H2,1-2H3. The summed E-state index contributed by atoms with van der Waals surface area (Å²) in [7, 11) is 1.69. The molecule has 1 aromatic heterocycles. The van der Waals surface area contributed by atoms with E-state index in [1.807, 2.05) is 6.07 Å². The minimum absolute atomic E-state index is 0.498. The second kappa shape index (κ2) is 5.90. The van der Waals surface area contributed by atoms with E-state index in [0.29, 0.717) is 6.54 Å². The van der Waals surface area contributed by atoms with Crippen LogP contribution in [0.2, 0.25) is 0 Å². The highest BCUT2D eigenvalue weighted by Crippen LogP contribution is 2.25. The maximum atomic E-state index is 5.81. The van der Waals surface area contributed by atoms with Gasteiger partial charge < -0.3 is 15.0 Å². The molecule has 0 fully saturated rings. The van der Waals surface area contributed by atoms with Crippen molar-refractivity contribution in [3.63, 3.8) is 0 Å². The molecule has 112 valence electrons. The molecule has 0 aliphatic heterocycles.